The molecule has 0 fully saturated rings. The van der Waals surface area contributed by atoms with Crippen molar-refractivity contribution in [2.24, 2.45) is 0 Å². The molecule has 0 unspecified atom stereocenters. The Morgan fingerprint density at radius 2 is 1.24 bits per heavy atom. The van der Waals surface area contributed by atoms with Crippen LogP contribution < -0.4 is 5.32 Å². The first-order valence-electron chi connectivity index (χ1n) is 12.1. The number of unbranched alkanes of at least 4 members (excludes halogenated alkanes) is 12. The summed E-state index contributed by atoms with van der Waals surface area (Å²) in [6.45, 7) is 4.06. The largest absolute Gasteiger partial charge is 0.395 e. The fraction of sp³-hybridized carbons (Fsp3) is 0.875. The Morgan fingerprint density at radius 1 is 0.759 bits per heavy atom. The average Bonchev–Trinajstić information content (AvgIpc) is 2.70. The zero-order chi connectivity index (χ0) is 21.4. The van der Waals surface area contributed by atoms with Crippen LogP contribution in [0.5, 0.6) is 0 Å². The zero-order valence-electron chi connectivity index (χ0n) is 19.0. The van der Waals surface area contributed by atoms with Crippen LogP contribution in [0.3, 0.4) is 0 Å². The lowest BCUT2D eigenvalue weighted by Gasteiger charge is -2.19. The summed E-state index contributed by atoms with van der Waals surface area (Å²) in [5, 5.41) is 20.8. The number of nitrogens with zero attached hydrogens (tertiary/aromatic N) is 1. The number of hydrogen-bond donors (Lipinski definition) is 3. The Morgan fingerprint density at radius 3 is 1.76 bits per heavy atom. The Hall–Kier alpha value is -0.910. The summed E-state index contributed by atoms with van der Waals surface area (Å²) in [5.74, 6) is -0.0281. The van der Waals surface area contributed by atoms with Gasteiger partial charge in [-0.15, -0.1) is 0 Å². The second-order valence-electron chi connectivity index (χ2n) is 8.01. The summed E-state index contributed by atoms with van der Waals surface area (Å²) in [7, 11) is 0. The molecule has 0 saturated heterocycles. The first-order chi connectivity index (χ1) is 14.2. The summed E-state index contributed by atoms with van der Waals surface area (Å²) >= 11 is 0. The van der Waals surface area contributed by atoms with Gasteiger partial charge < -0.3 is 15.5 Å². The minimum Gasteiger partial charge on any atom is -0.395 e. The number of carbonyl (C=O) groups excluding carboxylic acids is 1. The summed E-state index contributed by atoms with van der Waals surface area (Å²) in [4.78, 5) is 13.6. The summed E-state index contributed by atoms with van der Waals surface area (Å²) in [6, 6.07) is 0. The lowest BCUT2D eigenvalue weighted by atomic mass is 10.1. The molecule has 0 radical (unpaired) electrons. The maximum atomic E-state index is 11.8. The molecule has 5 nitrogen and oxygen atoms in total. The van der Waals surface area contributed by atoms with E-state index in [0.29, 0.717) is 19.6 Å². The predicted molar refractivity (Wildman–Crippen MR) is 123 cm³/mol. The van der Waals surface area contributed by atoms with E-state index in [0.717, 1.165) is 12.8 Å². The Bertz CT molecular complexity index is 369. The highest BCUT2D eigenvalue weighted by Crippen LogP contribution is 2.09. The summed E-state index contributed by atoms with van der Waals surface area (Å²) in [5.41, 5.74) is 0. The van der Waals surface area contributed by atoms with E-state index in [2.05, 4.69) is 24.4 Å². The zero-order valence-corrected chi connectivity index (χ0v) is 19.0. The number of nitrogens with one attached hydrogen (secondary N) is 1. The molecule has 0 atom stereocenters. The van der Waals surface area contributed by atoms with Crippen LogP contribution in [0.4, 0.5) is 0 Å². The molecule has 29 heavy (non-hydrogen) atoms. The third-order valence-electron chi connectivity index (χ3n) is 5.21. The predicted octanol–water partition coefficient (Wildman–Crippen LogP) is 4.43. The van der Waals surface area contributed by atoms with Crippen molar-refractivity contribution in [3.05, 3.63) is 12.2 Å². The van der Waals surface area contributed by atoms with E-state index < -0.39 is 0 Å². The SMILES string of the molecule is CCCCCCCC/C=C\CCCCCCCCNC(=O)CN(CCO)CCO. The van der Waals surface area contributed by atoms with Gasteiger partial charge in [-0.25, -0.2) is 0 Å². The standard InChI is InChI=1S/C24H48N2O3/c1-2-3-4-5-6-7-8-9-10-11-12-13-14-15-16-17-18-25-24(29)23-26(19-21-27)20-22-28/h9-10,27-28H,2-8,11-23H2,1H3,(H,25,29)/b10-9-. The van der Waals surface area contributed by atoms with Gasteiger partial charge in [0.05, 0.1) is 19.8 Å². The van der Waals surface area contributed by atoms with Crippen molar-refractivity contribution >= 4 is 5.91 Å². The number of aliphatic hydroxyl groups is 2. The van der Waals surface area contributed by atoms with E-state index in [9.17, 15) is 4.79 Å². The van der Waals surface area contributed by atoms with Gasteiger partial charge in [0.2, 0.25) is 5.91 Å². The lowest BCUT2D eigenvalue weighted by Crippen LogP contribution is -2.40. The van der Waals surface area contributed by atoms with Gasteiger partial charge in [0.25, 0.3) is 0 Å². The van der Waals surface area contributed by atoms with Gasteiger partial charge in [-0.1, -0.05) is 76.9 Å². The molecule has 0 aliphatic rings. The van der Waals surface area contributed by atoms with E-state index in [-0.39, 0.29) is 25.7 Å². The molecular formula is C24H48N2O3. The topological polar surface area (TPSA) is 72.8 Å². The Kier molecular flexibility index (Phi) is 22.6. The molecule has 172 valence electrons. The number of rotatable bonds is 22. The van der Waals surface area contributed by atoms with Crippen molar-refractivity contribution in [2.45, 2.75) is 96.8 Å². The molecule has 1 amide bonds. The van der Waals surface area contributed by atoms with Crippen LogP contribution in [-0.4, -0.2) is 60.4 Å². The van der Waals surface area contributed by atoms with E-state index in [1.54, 1.807) is 4.90 Å². The van der Waals surface area contributed by atoms with Crippen LogP contribution in [-0.2, 0) is 4.79 Å². The van der Waals surface area contributed by atoms with E-state index in [4.69, 9.17) is 10.2 Å². The first-order valence-corrected chi connectivity index (χ1v) is 12.1. The van der Waals surface area contributed by atoms with Crippen molar-refractivity contribution in [3.8, 4) is 0 Å². The normalized spacial score (nSPS) is 11.6. The molecule has 0 rings (SSSR count). The first kappa shape index (κ1) is 28.1. The number of amides is 1. The minimum atomic E-state index is -0.0281. The molecule has 0 spiro atoms. The Labute approximate surface area is 180 Å². The summed E-state index contributed by atoms with van der Waals surface area (Å²) < 4.78 is 0. The van der Waals surface area contributed by atoms with Crippen LogP contribution in [0.25, 0.3) is 0 Å². The van der Waals surface area contributed by atoms with Crippen LogP contribution >= 0.6 is 0 Å². The molecule has 5 heteroatoms. The maximum Gasteiger partial charge on any atom is 0.234 e. The van der Waals surface area contributed by atoms with E-state index in [1.807, 2.05) is 0 Å². The van der Waals surface area contributed by atoms with E-state index in [1.165, 1.54) is 77.0 Å². The number of aliphatic hydroxyl groups excluding tert-OH is 2. The molecular weight excluding hydrogens is 364 g/mol. The number of allylic oxidation sites excluding steroid dienone is 2. The quantitative estimate of drug-likeness (QED) is 0.182. The van der Waals surface area contributed by atoms with Crippen molar-refractivity contribution in [2.75, 3.05) is 39.4 Å². The van der Waals surface area contributed by atoms with Crippen molar-refractivity contribution in [1.82, 2.24) is 10.2 Å². The highest BCUT2D eigenvalue weighted by molar-refractivity contribution is 5.77. The molecule has 0 aliphatic carbocycles. The maximum absolute atomic E-state index is 11.8. The molecule has 0 heterocycles. The van der Waals surface area contributed by atoms with Gasteiger partial charge in [0, 0.05) is 19.6 Å². The van der Waals surface area contributed by atoms with Gasteiger partial charge in [-0.3, -0.25) is 9.69 Å². The highest BCUT2D eigenvalue weighted by atomic mass is 16.3. The minimum absolute atomic E-state index is 0.00218. The van der Waals surface area contributed by atoms with Gasteiger partial charge in [-0.2, -0.15) is 0 Å². The average molecular weight is 413 g/mol. The molecule has 0 saturated carbocycles. The van der Waals surface area contributed by atoms with Crippen LogP contribution in [0, 0.1) is 0 Å². The smallest absolute Gasteiger partial charge is 0.234 e. The molecule has 0 aromatic carbocycles. The molecule has 0 bridgehead atoms. The molecule has 0 aromatic heterocycles. The Balaban J connectivity index is 3.34. The van der Waals surface area contributed by atoms with Crippen LogP contribution in [0.2, 0.25) is 0 Å². The number of carbonyl (C=O) groups is 1. The van der Waals surface area contributed by atoms with Crippen LogP contribution in [0.15, 0.2) is 12.2 Å². The fourth-order valence-corrected chi connectivity index (χ4v) is 3.41. The second-order valence-corrected chi connectivity index (χ2v) is 8.01. The van der Waals surface area contributed by atoms with Crippen molar-refractivity contribution in [1.29, 1.82) is 0 Å². The van der Waals surface area contributed by atoms with Gasteiger partial charge in [0.15, 0.2) is 0 Å². The summed E-state index contributed by atoms with van der Waals surface area (Å²) in [6.07, 6.45) is 22.7. The second kappa shape index (κ2) is 23.4. The third-order valence-corrected chi connectivity index (χ3v) is 5.21. The molecule has 0 aliphatic heterocycles. The fourth-order valence-electron chi connectivity index (χ4n) is 3.41. The lowest BCUT2D eigenvalue weighted by molar-refractivity contribution is -0.122. The van der Waals surface area contributed by atoms with Gasteiger partial charge >= 0.3 is 0 Å². The van der Waals surface area contributed by atoms with E-state index >= 15 is 0 Å². The monoisotopic (exact) mass is 412 g/mol. The number of hydrogen-bond acceptors (Lipinski definition) is 4. The van der Waals surface area contributed by atoms with Crippen LogP contribution in [0.1, 0.15) is 96.8 Å². The van der Waals surface area contributed by atoms with Crippen molar-refractivity contribution in [3.63, 3.8) is 0 Å². The molecule has 3 N–H and O–H groups in total. The highest BCUT2D eigenvalue weighted by Gasteiger charge is 2.08. The van der Waals surface area contributed by atoms with Crippen molar-refractivity contribution < 1.29 is 15.0 Å². The van der Waals surface area contributed by atoms with Gasteiger partial charge in [0.1, 0.15) is 0 Å². The molecule has 0 aromatic rings. The third kappa shape index (κ3) is 21.6. The van der Waals surface area contributed by atoms with Gasteiger partial charge in [-0.05, 0) is 32.1 Å².